The molecule has 0 aromatic heterocycles. The molecular formula is C18H23NO. The first kappa shape index (κ1) is 13.6. The lowest BCUT2D eigenvalue weighted by atomic mass is 9.64. The summed E-state index contributed by atoms with van der Waals surface area (Å²) in [5.74, 6) is 0.156. The standard InChI is InChI=1S/C18H23NO/c1-13-10-16(2,3)11-18(13,20)17(12-19)9-8-14-6-4-5-7-15(14)17/h4-7,13,20H,8-11H2,1-3H3. The fraction of sp³-hybridized carbons (Fsp3) is 0.611. The lowest BCUT2D eigenvalue weighted by molar-refractivity contribution is -0.0491. The second-order valence-electron chi connectivity index (χ2n) is 7.54. The quantitative estimate of drug-likeness (QED) is 0.847. The minimum Gasteiger partial charge on any atom is -0.388 e. The molecule has 1 fully saturated rings. The van der Waals surface area contributed by atoms with E-state index in [0.29, 0.717) is 6.42 Å². The lowest BCUT2D eigenvalue weighted by Gasteiger charge is -2.42. The molecule has 2 nitrogen and oxygen atoms in total. The van der Waals surface area contributed by atoms with Crippen LogP contribution in [0.5, 0.6) is 0 Å². The molecule has 1 aromatic rings. The van der Waals surface area contributed by atoms with E-state index in [4.69, 9.17) is 0 Å². The van der Waals surface area contributed by atoms with Gasteiger partial charge < -0.3 is 5.11 Å². The Morgan fingerprint density at radius 3 is 2.60 bits per heavy atom. The van der Waals surface area contributed by atoms with Crippen molar-refractivity contribution in [2.24, 2.45) is 11.3 Å². The third-order valence-electron chi connectivity index (χ3n) is 5.60. The van der Waals surface area contributed by atoms with Gasteiger partial charge in [0.2, 0.25) is 0 Å². The van der Waals surface area contributed by atoms with Gasteiger partial charge in [0.1, 0.15) is 5.41 Å². The molecule has 3 rings (SSSR count). The van der Waals surface area contributed by atoms with E-state index < -0.39 is 11.0 Å². The van der Waals surface area contributed by atoms with Gasteiger partial charge in [-0.15, -0.1) is 0 Å². The van der Waals surface area contributed by atoms with Crippen molar-refractivity contribution >= 4 is 0 Å². The van der Waals surface area contributed by atoms with E-state index in [0.717, 1.165) is 24.8 Å². The van der Waals surface area contributed by atoms with E-state index in [9.17, 15) is 10.4 Å². The van der Waals surface area contributed by atoms with Crippen LogP contribution in [0.15, 0.2) is 24.3 Å². The van der Waals surface area contributed by atoms with Crippen LogP contribution in [-0.2, 0) is 11.8 Å². The minimum atomic E-state index is -0.905. The second kappa shape index (κ2) is 4.09. The van der Waals surface area contributed by atoms with Gasteiger partial charge in [0.15, 0.2) is 0 Å². The molecule has 2 aliphatic carbocycles. The number of rotatable bonds is 1. The Morgan fingerprint density at radius 1 is 1.30 bits per heavy atom. The highest BCUT2D eigenvalue weighted by atomic mass is 16.3. The number of benzene rings is 1. The molecule has 0 spiro atoms. The van der Waals surface area contributed by atoms with Gasteiger partial charge in [-0.05, 0) is 48.1 Å². The summed E-state index contributed by atoms with van der Waals surface area (Å²) < 4.78 is 0. The van der Waals surface area contributed by atoms with Crippen LogP contribution < -0.4 is 0 Å². The molecule has 1 saturated carbocycles. The Kier molecular flexibility index (Phi) is 2.79. The first-order chi connectivity index (χ1) is 9.35. The summed E-state index contributed by atoms with van der Waals surface area (Å²) in [5.41, 5.74) is 0.776. The summed E-state index contributed by atoms with van der Waals surface area (Å²) in [6.45, 7) is 6.51. The molecule has 0 heterocycles. The zero-order chi connectivity index (χ0) is 14.6. The Bertz CT molecular complexity index is 585. The number of aliphatic hydroxyl groups is 1. The van der Waals surface area contributed by atoms with Gasteiger partial charge in [0.25, 0.3) is 0 Å². The maximum atomic E-state index is 11.5. The highest BCUT2D eigenvalue weighted by Gasteiger charge is 2.62. The van der Waals surface area contributed by atoms with Gasteiger partial charge in [-0.2, -0.15) is 5.26 Å². The molecule has 1 N–H and O–H groups in total. The molecule has 0 saturated heterocycles. The highest BCUT2D eigenvalue weighted by Crippen LogP contribution is 2.59. The first-order valence-electron chi connectivity index (χ1n) is 7.57. The van der Waals surface area contributed by atoms with Crippen molar-refractivity contribution < 1.29 is 5.11 Å². The maximum Gasteiger partial charge on any atom is 0.112 e. The van der Waals surface area contributed by atoms with E-state index in [1.54, 1.807) is 0 Å². The summed E-state index contributed by atoms with van der Waals surface area (Å²) in [6.07, 6.45) is 3.34. The van der Waals surface area contributed by atoms with Crippen molar-refractivity contribution in [1.82, 2.24) is 0 Å². The molecule has 2 aliphatic rings. The molecule has 3 atom stereocenters. The van der Waals surface area contributed by atoms with Crippen LogP contribution in [0.25, 0.3) is 0 Å². The Morgan fingerprint density at radius 2 is 2.00 bits per heavy atom. The number of nitrogens with zero attached hydrogens (tertiary/aromatic N) is 1. The number of nitriles is 1. The van der Waals surface area contributed by atoms with Crippen LogP contribution >= 0.6 is 0 Å². The van der Waals surface area contributed by atoms with Crippen molar-refractivity contribution in [3.63, 3.8) is 0 Å². The van der Waals surface area contributed by atoms with Crippen LogP contribution in [0, 0.1) is 22.7 Å². The monoisotopic (exact) mass is 269 g/mol. The fourth-order valence-electron chi connectivity index (χ4n) is 4.82. The fourth-order valence-corrected chi connectivity index (χ4v) is 4.82. The average Bonchev–Trinajstić information content (AvgIpc) is 2.86. The molecule has 0 aliphatic heterocycles. The summed E-state index contributed by atoms with van der Waals surface area (Å²) in [5, 5.41) is 21.4. The van der Waals surface area contributed by atoms with Crippen molar-refractivity contribution in [1.29, 1.82) is 5.26 Å². The molecule has 0 radical (unpaired) electrons. The van der Waals surface area contributed by atoms with Gasteiger partial charge in [-0.3, -0.25) is 0 Å². The van der Waals surface area contributed by atoms with Gasteiger partial charge >= 0.3 is 0 Å². The highest BCUT2D eigenvalue weighted by molar-refractivity contribution is 5.48. The van der Waals surface area contributed by atoms with Crippen LogP contribution in [-0.4, -0.2) is 10.7 Å². The van der Waals surface area contributed by atoms with Gasteiger partial charge in [0, 0.05) is 0 Å². The van der Waals surface area contributed by atoms with Crippen LogP contribution in [0.4, 0.5) is 0 Å². The van der Waals surface area contributed by atoms with Crippen LogP contribution in [0.2, 0.25) is 0 Å². The third kappa shape index (κ3) is 1.59. The van der Waals surface area contributed by atoms with E-state index in [-0.39, 0.29) is 11.3 Å². The molecule has 0 amide bonds. The lowest BCUT2D eigenvalue weighted by Crippen LogP contribution is -2.52. The minimum absolute atomic E-state index is 0.107. The average molecular weight is 269 g/mol. The number of fused-ring (bicyclic) bond motifs is 1. The smallest absolute Gasteiger partial charge is 0.112 e. The summed E-state index contributed by atoms with van der Waals surface area (Å²) in [4.78, 5) is 0. The Labute approximate surface area is 121 Å². The molecule has 106 valence electrons. The molecule has 0 bridgehead atoms. The molecular weight excluding hydrogens is 246 g/mol. The van der Waals surface area contributed by atoms with Crippen molar-refractivity contribution in [2.75, 3.05) is 0 Å². The number of hydrogen-bond donors (Lipinski definition) is 1. The van der Waals surface area contributed by atoms with Crippen LogP contribution in [0.1, 0.15) is 51.2 Å². The first-order valence-corrected chi connectivity index (χ1v) is 7.57. The van der Waals surface area contributed by atoms with Gasteiger partial charge in [-0.25, -0.2) is 0 Å². The Hall–Kier alpha value is -1.33. The molecule has 3 unspecified atom stereocenters. The zero-order valence-corrected chi connectivity index (χ0v) is 12.6. The zero-order valence-electron chi connectivity index (χ0n) is 12.6. The summed E-state index contributed by atoms with van der Waals surface area (Å²) >= 11 is 0. The topological polar surface area (TPSA) is 44.0 Å². The predicted octanol–water partition coefficient (Wildman–Crippen LogP) is 3.58. The van der Waals surface area contributed by atoms with E-state index in [1.165, 1.54) is 5.56 Å². The van der Waals surface area contributed by atoms with Crippen molar-refractivity contribution in [3.05, 3.63) is 35.4 Å². The van der Waals surface area contributed by atoms with E-state index in [1.807, 2.05) is 18.2 Å². The molecule has 20 heavy (non-hydrogen) atoms. The van der Waals surface area contributed by atoms with Gasteiger partial charge in [0.05, 0.1) is 11.7 Å². The van der Waals surface area contributed by atoms with Gasteiger partial charge in [-0.1, -0.05) is 45.0 Å². The SMILES string of the molecule is CC1CC(C)(C)CC1(O)C1(C#N)CCc2ccccc21. The van der Waals surface area contributed by atoms with E-state index in [2.05, 4.69) is 32.9 Å². The van der Waals surface area contributed by atoms with Crippen molar-refractivity contribution in [2.45, 2.75) is 57.5 Å². The molecule has 1 aromatic carbocycles. The third-order valence-corrected chi connectivity index (χ3v) is 5.60. The number of aryl methyl sites for hydroxylation is 1. The normalized spacial score (nSPS) is 38.5. The van der Waals surface area contributed by atoms with E-state index >= 15 is 0 Å². The second-order valence-corrected chi connectivity index (χ2v) is 7.54. The summed E-state index contributed by atoms with van der Waals surface area (Å²) in [7, 11) is 0. The molecule has 2 heteroatoms. The van der Waals surface area contributed by atoms with Crippen LogP contribution in [0.3, 0.4) is 0 Å². The predicted molar refractivity (Wildman–Crippen MR) is 79.2 cm³/mol. The maximum absolute atomic E-state index is 11.5. The Balaban J connectivity index is 2.15. The summed E-state index contributed by atoms with van der Waals surface area (Å²) in [6, 6.07) is 10.7. The van der Waals surface area contributed by atoms with Crippen molar-refractivity contribution in [3.8, 4) is 6.07 Å². The number of hydrogen-bond acceptors (Lipinski definition) is 2. The largest absolute Gasteiger partial charge is 0.388 e.